The minimum atomic E-state index is -0.722. The molecule has 194 valence electrons. The van der Waals surface area contributed by atoms with E-state index in [1.165, 1.54) is 22.1 Å². The highest BCUT2D eigenvalue weighted by molar-refractivity contribution is 14.2. The minimum absolute atomic E-state index is 0.0177. The molecule has 0 spiro atoms. The third-order valence-electron chi connectivity index (χ3n) is 6.40. The second-order valence-corrected chi connectivity index (χ2v) is 10.8. The van der Waals surface area contributed by atoms with Crippen LogP contribution in [0.1, 0.15) is 41.9 Å². The number of halogens is 4. The first-order valence-corrected chi connectivity index (χ1v) is 14.9. The molecule has 0 radical (unpaired) electrons. The van der Waals surface area contributed by atoms with Crippen LogP contribution in [0.5, 0.6) is 0 Å². The molecule has 4 aromatic rings. The summed E-state index contributed by atoms with van der Waals surface area (Å²) < 4.78 is 47.0. The monoisotopic (exact) mass is 641 g/mol. The van der Waals surface area contributed by atoms with Crippen molar-refractivity contribution in [3.63, 3.8) is 0 Å². The Morgan fingerprint density at radius 1 is 1.16 bits per heavy atom. The van der Waals surface area contributed by atoms with Gasteiger partial charge in [0.05, 0.1) is 17.5 Å². The lowest BCUT2D eigenvalue weighted by Crippen LogP contribution is -2.42. The second kappa shape index (κ2) is 10.5. The van der Waals surface area contributed by atoms with Crippen LogP contribution in [0.15, 0.2) is 30.9 Å². The molecule has 2 atom stereocenters. The van der Waals surface area contributed by atoms with Gasteiger partial charge >= 0.3 is 0 Å². The average Bonchev–Trinajstić information content (AvgIpc) is 3.46. The van der Waals surface area contributed by atoms with Crippen LogP contribution in [0.4, 0.5) is 19.0 Å². The number of aromatic nitrogens is 5. The number of aryl methyl sites for hydroxylation is 2. The van der Waals surface area contributed by atoms with E-state index in [0.717, 1.165) is 25.3 Å². The van der Waals surface area contributed by atoms with E-state index < -0.39 is 17.5 Å². The molecule has 5 rings (SSSR count). The third kappa shape index (κ3) is 5.28. The number of amides is 1. The van der Waals surface area contributed by atoms with Gasteiger partial charge in [-0.3, -0.25) is 8.77 Å². The highest BCUT2D eigenvalue weighted by Gasteiger charge is 2.27. The summed E-state index contributed by atoms with van der Waals surface area (Å²) in [5.41, 5.74) is 1.06. The van der Waals surface area contributed by atoms with Crippen LogP contribution in [-0.4, -0.2) is 41.5 Å². The first kappa shape index (κ1) is 25.8. The molecule has 0 aliphatic heterocycles. The SMILES string of the molecule is Cc1nc(-c2cn(SI)c3c(F)cc(F)cc23)nc(NC2CCCC(NC(=O)c3cn(C)cn3)C2)c1F. The van der Waals surface area contributed by atoms with Gasteiger partial charge in [0.25, 0.3) is 5.91 Å². The molecule has 0 saturated heterocycles. The fourth-order valence-corrected chi connectivity index (χ4v) is 6.02. The number of hydrogen-bond donors (Lipinski definition) is 2. The highest BCUT2D eigenvalue weighted by atomic mass is 127. The molecule has 0 bridgehead atoms. The predicted molar refractivity (Wildman–Crippen MR) is 145 cm³/mol. The number of carbonyl (C=O) groups is 1. The van der Waals surface area contributed by atoms with E-state index in [-0.39, 0.29) is 40.8 Å². The molecule has 2 N–H and O–H groups in total. The number of anilines is 1. The lowest BCUT2D eigenvalue weighted by Gasteiger charge is -2.30. The van der Waals surface area contributed by atoms with Crippen LogP contribution in [0, 0.1) is 24.4 Å². The van der Waals surface area contributed by atoms with Crippen molar-refractivity contribution in [2.24, 2.45) is 7.05 Å². The summed E-state index contributed by atoms with van der Waals surface area (Å²) in [4.78, 5) is 25.3. The van der Waals surface area contributed by atoms with Gasteiger partial charge in [-0.2, -0.15) is 0 Å². The van der Waals surface area contributed by atoms with Gasteiger partial charge < -0.3 is 15.2 Å². The van der Waals surface area contributed by atoms with Gasteiger partial charge in [-0.1, -0.05) is 0 Å². The quantitative estimate of drug-likeness (QED) is 0.268. The molecule has 3 heterocycles. The summed E-state index contributed by atoms with van der Waals surface area (Å²) in [7, 11) is 3.01. The van der Waals surface area contributed by atoms with Crippen molar-refractivity contribution in [3.05, 3.63) is 59.7 Å². The molecule has 1 fully saturated rings. The Morgan fingerprint density at radius 2 is 1.95 bits per heavy atom. The van der Waals surface area contributed by atoms with E-state index in [4.69, 9.17) is 0 Å². The molecule has 1 aromatic carbocycles. The Bertz CT molecular complexity index is 1490. The molecule has 2 unspecified atom stereocenters. The summed E-state index contributed by atoms with van der Waals surface area (Å²) >= 11 is 2.00. The molecule has 8 nitrogen and oxygen atoms in total. The number of benzene rings is 1. The first-order valence-electron chi connectivity index (χ1n) is 11.6. The van der Waals surface area contributed by atoms with Gasteiger partial charge in [0.1, 0.15) is 11.5 Å². The maximum Gasteiger partial charge on any atom is 0.271 e. The van der Waals surface area contributed by atoms with Gasteiger partial charge in [-0.15, -0.1) is 0 Å². The zero-order chi connectivity index (χ0) is 26.3. The lowest BCUT2D eigenvalue weighted by molar-refractivity contribution is 0.0921. The fourth-order valence-electron chi connectivity index (χ4n) is 4.69. The number of carbonyl (C=O) groups excluding carboxylic acids is 1. The molecule has 37 heavy (non-hydrogen) atoms. The van der Waals surface area contributed by atoms with Crippen molar-refractivity contribution in [1.82, 2.24) is 28.8 Å². The highest BCUT2D eigenvalue weighted by Crippen LogP contribution is 2.36. The van der Waals surface area contributed by atoms with Gasteiger partial charge in [0, 0.05) is 78.9 Å². The summed E-state index contributed by atoms with van der Waals surface area (Å²) in [5, 5.41) is 6.49. The third-order valence-corrected chi connectivity index (χ3v) is 8.11. The van der Waals surface area contributed by atoms with Gasteiger partial charge in [-0.05, 0) is 38.7 Å². The van der Waals surface area contributed by atoms with Gasteiger partial charge in [0.2, 0.25) is 0 Å². The van der Waals surface area contributed by atoms with E-state index in [1.54, 1.807) is 34.3 Å². The molecule has 1 aliphatic rings. The summed E-state index contributed by atoms with van der Waals surface area (Å²) in [6, 6.07) is 1.81. The van der Waals surface area contributed by atoms with Crippen molar-refractivity contribution >= 4 is 53.0 Å². The van der Waals surface area contributed by atoms with E-state index in [9.17, 15) is 13.6 Å². The molecular formula is C24H23F3IN7OS. The first-order chi connectivity index (χ1) is 17.7. The minimum Gasteiger partial charge on any atom is -0.365 e. The van der Waals surface area contributed by atoms with Crippen molar-refractivity contribution in [2.45, 2.75) is 44.7 Å². The predicted octanol–water partition coefficient (Wildman–Crippen LogP) is 5.56. The van der Waals surface area contributed by atoms with Crippen molar-refractivity contribution in [3.8, 4) is 11.4 Å². The van der Waals surface area contributed by atoms with Gasteiger partial charge in [-0.25, -0.2) is 28.1 Å². The van der Waals surface area contributed by atoms with E-state index in [0.29, 0.717) is 23.1 Å². The molecule has 1 aliphatic carbocycles. The Hall–Kier alpha value is -2.81. The Labute approximate surface area is 227 Å². The zero-order valence-corrected chi connectivity index (χ0v) is 22.9. The average molecular weight is 641 g/mol. The number of hydrogen-bond acceptors (Lipinski definition) is 6. The van der Waals surface area contributed by atoms with Crippen molar-refractivity contribution in [2.75, 3.05) is 5.32 Å². The normalized spacial score (nSPS) is 17.8. The molecular weight excluding hydrogens is 618 g/mol. The summed E-state index contributed by atoms with van der Waals surface area (Å²) in [6.45, 7) is 1.52. The molecule has 1 amide bonds. The van der Waals surface area contributed by atoms with E-state index in [2.05, 4.69) is 25.6 Å². The smallest absolute Gasteiger partial charge is 0.271 e. The van der Waals surface area contributed by atoms with Crippen molar-refractivity contribution < 1.29 is 18.0 Å². The number of imidazole rings is 1. The standard InChI is InChI=1S/C24H23F3IN7OS/c1-12-20(27)23(31-14-4-3-5-15(8-14)32-24(36)19-10-34(2)11-29-19)33-22(30-12)17-9-35(37-28)21-16(17)6-13(25)7-18(21)26/h6-7,9-11,14-15H,3-5,8H2,1-2H3,(H,32,36)(H,30,31,33). The number of nitrogens with one attached hydrogen (secondary N) is 2. The van der Waals surface area contributed by atoms with E-state index in [1.807, 2.05) is 21.2 Å². The number of fused-ring (bicyclic) bond motifs is 1. The van der Waals surface area contributed by atoms with Crippen LogP contribution < -0.4 is 10.6 Å². The molecule has 3 aromatic heterocycles. The van der Waals surface area contributed by atoms with Crippen LogP contribution in [-0.2, 0) is 7.05 Å². The Morgan fingerprint density at radius 3 is 2.68 bits per heavy atom. The molecule has 13 heteroatoms. The summed E-state index contributed by atoms with van der Waals surface area (Å²) in [6.07, 6.45) is 7.83. The Kier molecular flexibility index (Phi) is 7.34. The maximum absolute atomic E-state index is 15.1. The van der Waals surface area contributed by atoms with Crippen molar-refractivity contribution in [1.29, 1.82) is 0 Å². The zero-order valence-electron chi connectivity index (χ0n) is 19.9. The van der Waals surface area contributed by atoms with Crippen LogP contribution >= 0.6 is 30.3 Å². The molecule has 1 saturated carbocycles. The lowest BCUT2D eigenvalue weighted by atomic mass is 9.91. The number of nitrogens with zero attached hydrogens (tertiary/aromatic N) is 5. The fraction of sp³-hybridized carbons (Fsp3) is 0.333. The van der Waals surface area contributed by atoms with Crippen LogP contribution in [0.2, 0.25) is 0 Å². The van der Waals surface area contributed by atoms with Crippen LogP contribution in [0.3, 0.4) is 0 Å². The second-order valence-electron chi connectivity index (χ2n) is 9.12. The Balaban J connectivity index is 1.40. The summed E-state index contributed by atoms with van der Waals surface area (Å²) in [5.74, 6) is -2.08. The van der Waals surface area contributed by atoms with Crippen LogP contribution in [0.25, 0.3) is 22.3 Å². The van der Waals surface area contributed by atoms with Gasteiger partial charge in [0.15, 0.2) is 23.3 Å². The topological polar surface area (TPSA) is 89.7 Å². The number of rotatable bonds is 6. The van der Waals surface area contributed by atoms with E-state index >= 15 is 4.39 Å². The maximum atomic E-state index is 15.1. The largest absolute Gasteiger partial charge is 0.365 e.